The molecule has 1 nitrogen and oxygen atoms in total. The van der Waals surface area contributed by atoms with Crippen molar-refractivity contribution in [3.63, 3.8) is 0 Å². The van der Waals surface area contributed by atoms with Gasteiger partial charge in [0.25, 0.3) is 0 Å². The van der Waals surface area contributed by atoms with Crippen LogP contribution in [0.3, 0.4) is 0 Å². The number of rotatable bonds is 3. The SMILES string of the molecule is CC(C)(F)c1cc(F)c(F)c(CC2CCCNC2)c1. The minimum atomic E-state index is -1.66. The van der Waals surface area contributed by atoms with Crippen molar-refractivity contribution in [1.29, 1.82) is 0 Å². The first-order valence-electron chi connectivity index (χ1n) is 6.76. The maximum absolute atomic E-state index is 13.9. The highest BCUT2D eigenvalue weighted by Gasteiger charge is 2.24. The van der Waals surface area contributed by atoms with Gasteiger partial charge in [-0.05, 0) is 75.4 Å². The molecule has 1 heterocycles. The third kappa shape index (κ3) is 3.50. The summed E-state index contributed by atoms with van der Waals surface area (Å²) in [7, 11) is 0. The van der Waals surface area contributed by atoms with Gasteiger partial charge in [-0.25, -0.2) is 13.2 Å². The van der Waals surface area contributed by atoms with E-state index in [1.165, 1.54) is 19.9 Å². The van der Waals surface area contributed by atoms with E-state index in [0.29, 0.717) is 12.3 Å². The van der Waals surface area contributed by atoms with E-state index in [1.807, 2.05) is 0 Å². The van der Waals surface area contributed by atoms with Gasteiger partial charge in [0, 0.05) is 0 Å². The van der Waals surface area contributed by atoms with Crippen LogP contribution in [0.25, 0.3) is 0 Å². The zero-order valence-corrected chi connectivity index (χ0v) is 11.4. The molecule has 1 aliphatic rings. The summed E-state index contributed by atoms with van der Waals surface area (Å²) in [6.45, 7) is 4.49. The first-order valence-corrected chi connectivity index (χ1v) is 6.76. The van der Waals surface area contributed by atoms with Crippen LogP contribution >= 0.6 is 0 Å². The van der Waals surface area contributed by atoms with Gasteiger partial charge < -0.3 is 5.32 Å². The molecule has 1 N–H and O–H groups in total. The maximum Gasteiger partial charge on any atom is 0.162 e. The van der Waals surface area contributed by atoms with E-state index in [0.717, 1.165) is 32.0 Å². The van der Waals surface area contributed by atoms with Gasteiger partial charge in [0.1, 0.15) is 5.67 Å². The molecule has 1 aromatic rings. The summed E-state index contributed by atoms with van der Waals surface area (Å²) < 4.78 is 41.3. The van der Waals surface area contributed by atoms with E-state index < -0.39 is 17.3 Å². The van der Waals surface area contributed by atoms with Crippen LogP contribution in [-0.4, -0.2) is 13.1 Å². The normalized spacial score (nSPS) is 20.6. The molecule has 1 aliphatic heterocycles. The zero-order valence-electron chi connectivity index (χ0n) is 11.4. The Kier molecular flexibility index (Phi) is 4.19. The van der Waals surface area contributed by atoms with Crippen LogP contribution in [0.5, 0.6) is 0 Å². The van der Waals surface area contributed by atoms with Crippen LogP contribution in [0, 0.1) is 17.6 Å². The molecule has 0 saturated carbocycles. The Balaban J connectivity index is 2.25. The average molecular weight is 271 g/mol. The Morgan fingerprint density at radius 2 is 2.05 bits per heavy atom. The topological polar surface area (TPSA) is 12.0 Å². The smallest absolute Gasteiger partial charge is 0.162 e. The Morgan fingerprint density at radius 1 is 1.32 bits per heavy atom. The predicted octanol–water partition coefficient (Wildman–Crippen LogP) is 3.71. The number of halogens is 3. The summed E-state index contributed by atoms with van der Waals surface area (Å²) in [5.41, 5.74) is -1.17. The first-order chi connectivity index (χ1) is 8.88. The highest BCUT2D eigenvalue weighted by Crippen LogP contribution is 2.29. The molecule has 4 heteroatoms. The Morgan fingerprint density at radius 3 is 2.63 bits per heavy atom. The molecule has 0 aromatic heterocycles. The fourth-order valence-corrected chi connectivity index (χ4v) is 2.55. The number of alkyl halides is 1. The van der Waals surface area contributed by atoms with Gasteiger partial charge in [-0.3, -0.25) is 0 Å². The molecule has 106 valence electrons. The van der Waals surface area contributed by atoms with Crippen LogP contribution in [0.1, 0.15) is 37.8 Å². The van der Waals surface area contributed by atoms with Gasteiger partial charge in [0.05, 0.1) is 0 Å². The predicted molar refractivity (Wildman–Crippen MR) is 69.8 cm³/mol. The van der Waals surface area contributed by atoms with E-state index in [-0.39, 0.29) is 11.1 Å². The summed E-state index contributed by atoms with van der Waals surface area (Å²) in [5, 5.41) is 3.24. The first kappa shape index (κ1) is 14.4. The number of benzene rings is 1. The lowest BCUT2D eigenvalue weighted by molar-refractivity contribution is 0.220. The molecule has 0 bridgehead atoms. The Labute approximate surface area is 112 Å². The molecule has 19 heavy (non-hydrogen) atoms. The fourth-order valence-electron chi connectivity index (χ4n) is 2.55. The van der Waals surface area contributed by atoms with E-state index in [2.05, 4.69) is 5.32 Å². The molecule has 1 saturated heterocycles. The van der Waals surface area contributed by atoms with Crippen molar-refractivity contribution in [2.24, 2.45) is 5.92 Å². The minimum Gasteiger partial charge on any atom is -0.316 e. The second-order valence-electron chi connectivity index (χ2n) is 5.82. The van der Waals surface area contributed by atoms with E-state index in [4.69, 9.17) is 0 Å². The molecule has 1 unspecified atom stereocenters. The van der Waals surface area contributed by atoms with Crippen LogP contribution in [-0.2, 0) is 12.1 Å². The van der Waals surface area contributed by atoms with E-state index in [9.17, 15) is 13.2 Å². The summed E-state index contributed by atoms with van der Waals surface area (Å²) in [6.07, 6.45) is 2.50. The van der Waals surface area contributed by atoms with E-state index >= 15 is 0 Å². The fraction of sp³-hybridized carbons (Fsp3) is 0.600. The molecular formula is C15H20F3N. The summed E-state index contributed by atoms with van der Waals surface area (Å²) in [5.74, 6) is -1.50. The summed E-state index contributed by atoms with van der Waals surface area (Å²) in [6, 6.07) is 2.42. The number of piperidine rings is 1. The largest absolute Gasteiger partial charge is 0.316 e. The second kappa shape index (κ2) is 5.53. The van der Waals surface area contributed by atoms with Crippen molar-refractivity contribution < 1.29 is 13.2 Å². The van der Waals surface area contributed by atoms with Gasteiger partial charge >= 0.3 is 0 Å². The zero-order chi connectivity index (χ0) is 14.0. The van der Waals surface area contributed by atoms with Crippen molar-refractivity contribution in [1.82, 2.24) is 5.32 Å². The van der Waals surface area contributed by atoms with Crippen LogP contribution < -0.4 is 5.32 Å². The molecule has 0 amide bonds. The highest BCUT2D eigenvalue weighted by molar-refractivity contribution is 5.30. The Bertz CT molecular complexity index is 445. The lowest BCUT2D eigenvalue weighted by Gasteiger charge is -2.24. The standard InChI is InChI=1S/C15H20F3N/c1-15(2,18)12-7-11(14(17)13(16)8-12)6-10-4-3-5-19-9-10/h7-8,10,19H,3-6,9H2,1-2H3. The molecule has 0 radical (unpaired) electrons. The van der Waals surface area contributed by atoms with Gasteiger partial charge in [0.15, 0.2) is 11.6 Å². The van der Waals surface area contributed by atoms with Gasteiger partial charge in [-0.15, -0.1) is 0 Å². The molecule has 1 fully saturated rings. The van der Waals surface area contributed by atoms with Crippen molar-refractivity contribution in [2.45, 2.75) is 38.8 Å². The lowest BCUT2D eigenvalue weighted by Crippen LogP contribution is -2.31. The van der Waals surface area contributed by atoms with Gasteiger partial charge in [-0.1, -0.05) is 0 Å². The lowest BCUT2D eigenvalue weighted by atomic mass is 9.89. The summed E-state index contributed by atoms with van der Waals surface area (Å²) in [4.78, 5) is 0. The maximum atomic E-state index is 13.9. The molecule has 2 rings (SSSR count). The van der Waals surface area contributed by atoms with E-state index in [1.54, 1.807) is 0 Å². The summed E-state index contributed by atoms with van der Waals surface area (Å²) >= 11 is 0. The van der Waals surface area contributed by atoms with Crippen molar-refractivity contribution in [3.8, 4) is 0 Å². The van der Waals surface area contributed by atoms with Crippen LogP contribution in [0.2, 0.25) is 0 Å². The Hall–Kier alpha value is -1.03. The monoisotopic (exact) mass is 271 g/mol. The van der Waals surface area contributed by atoms with Crippen molar-refractivity contribution in [3.05, 3.63) is 34.9 Å². The molecule has 1 atom stereocenters. The number of nitrogens with one attached hydrogen (secondary N) is 1. The molecule has 0 aliphatic carbocycles. The molecule has 0 spiro atoms. The molecular weight excluding hydrogens is 251 g/mol. The van der Waals surface area contributed by atoms with Gasteiger partial charge in [0.2, 0.25) is 0 Å². The minimum absolute atomic E-state index is 0.199. The van der Waals surface area contributed by atoms with Crippen LogP contribution in [0.4, 0.5) is 13.2 Å². The average Bonchev–Trinajstić information content (AvgIpc) is 2.34. The number of hydrogen-bond donors (Lipinski definition) is 1. The van der Waals surface area contributed by atoms with Crippen LogP contribution in [0.15, 0.2) is 12.1 Å². The molecule has 1 aromatic carbocycles. The third-order valence-corrected chi connectivity index (χ3v) is 3.70. The quantitative estimate of drug-likeness (QED) is 0.883. The van der Waals surface area contributed by atoms with Crippen molar-refractivity contribution in [2.75, 3.05) is 13.1 Å². The highest BCUT2D eigenvalue weighted by atomic mass is 19.2. The second-order valence-corrected chi connectivity index (χ2v) is 5.82. The number of hydrogen-bond acceptors (Lipinski definition) is 1. The van der Waals surface area contributed by atoms with Gasteiger partial charge in [-0.2, -0.15) is 0 Å². The third-order valence-electron chi connectivity index (χ3n) is 3.70. The van der Waals surface area contributed by atoms with Crippen molar-refractivity contribution >= 4 is 0 Å².